The van der Waals surface area contributed by atoms with Gasteiger partial charge in [-0.15, -0.1) is 0 Å². The summed E-state index contributed by atoms with van der Waals surface area (Å²) in [5.74, 6) is -0.446. The smallest absolute Gasteiger partial charge is 0.261 e. The van der Waals surface area contributed by atoms with E-state index in [-0.39, 0.29) is 22.6 Å². The Labute approximate surface area is 165 Å². The van der Waals surface area contributed by atoms with Gasteiger partial charge in [0.1, 0.15) is 10.8 Å². The lowest BCUT2D eigenvalue weighted by Gasteiger charge is -2.30. The molecule has 0 unspecified atom stereocenters. The number of nitrogens with one attached hydrogen (secondary N) is 1. The third-order valence-electron chi connectivity index (χ3n) is 4.04. The predicted molar refractivity (Wildman–Crippen MR) is 108 cm³/mol. The molecular formula is C18H22BrN3O3S. The highest BCUT2D eigenvalue weighted by atomic mass is 79.9. The van der Waals surface area contributed by atoms with E-state index in [4.69, 9.17) is 4.74 Å². The van der Waals surface area contributed by atoms with Crippen LogP contribution in [0.15, 0.2) is 22.7 Å². The van der Waals surface area contributed by atoms with Gasteiger partial charge in [0.15, 0.2) is 5.13 Å². The molecule has 2 heterocycles. The Morgan fingerprint density at radius 2 is 2.04 bits per heavy atom. The van der Waals surface area contributed by atoms with E-state index in [2.05, 4.69) is 51.9 Å². The second-order valence-corrected chi connectivity index (χ2v) is 9.03. The number of nitrogens with zero attached hydrogens (tertiary/aromatic N) is 2. The van der Waals surface area contributed by atoms with Gasteiger partial charge in [-0.2, -0.15) is 0 Å². The first kappa shape index (κ1) is 19.1. The van der Waals surface area contributed by atoms with E-state index in [1.165, 1.54) is 17.4 Å². The summed E-state index contributed by atoms with van der Waals surface area (Å²) in [6, 6.07) is 4.76. The molecule has 1 saturated heterocycles. The highest BCUT2D eigenvalue weighted by Gasteiger charge is 2.28. The van der Waals surface area contributed by atoms with Crippen molar-refractivity contribution in [1.29, 1.82) is 0 Å². The summed E-state index contributed by atoms with van der Waals surface area (Å²) < 4.78 is 6.17. The molecule has 0 saturated carbocycles. The fourth-order valence-electron chi connectivity index (χ4n) is 2.69. The maximum Gasteiger partial charge on any atom is 0.261 e. The topological polar surface area (TPSA) is 74.7 Å². The van der Waals surface area contributed by atoms with Crippen molar-refractivity contribution in [2.75, 3.05) is 36.5 Å². The summed E-state index contributed by atoms with van der Waals surface area (Å²) in [4.78, 5) is 19.5. The van der Waals surface area contributed by atoms with Gasteiger partial charge < -0.3 is 14.7 Å². The van der Waals surface area contributed by atoms with Crippen LogP contribution in [0.3, 0.4) is 0 Å². The predicted octanol–water partition coefficient (Wildman–Crippen LogP) is 4.00. The van der Waals surface area contributed by atoms with E-state index in [9.17, 15) is 9.90 Å². The largest absolute Gasteiger partial charge is 0.507 e. The molecule has 1 aromatic carbocycles. The monoisotopic (exact) mass is 439 g/mol. The van der Waals surface area contributed by atoms with Crippen molar-refractivity contribution >= 4 is 43.3 Å². The van der Waals surface area contributed by atoms with Crippen molar-refractivity contribution in [3.8, 4) is 5.75 Å². The number of thiazole rings is 1. The van der Waals surface area contributed by atoms with E-state index in [0.29, 0.717) is 18.3 Å². The fourth-order valence-corrected chi connectivity index (χ4v) is 4.27. The van der Waals surface area contributed by atoms with Gasteiger partial charge in [0.05, 0.1) is 24.5 Å². The third-order valence-corrected chi connectivity index (χ3v) is 5.57. The molecule has 1 aromatic heterocycles. The number of amides is 1. The van der Waals surface area contributed by atoms with Crippen molar-refractivity contribution in [1.82, 2.24) is 4.98 Å². The Morgan fingerprint density at radius 1 is 1.35 bits per heavy atom. The first-order valence-electron chi connectivity index (χ1n) is 8.39. The van der Waals surface area contributed by atoms with Crippen LogP contribution in [-0.4, -0.2) is 42.3 Å². The van der Waals surface area contributed by atoms with E-state index >= 15 is 0 Å². The molecular weight excluding hydrogens is 418 g/mol. The number of phenolic OH excluding ortho intramolecular Hbond substituents is 1. The van der Waals surface area contributed by atoms with E-state index in [1.54, 1.807) is 12.1 Å². The Balaban J connectivity index is 1.89. The van der Waals surface area contributed by atoms with Crippen LogP contribution in [0.5, 0.6) is 5.75 Å². The van der Waals surface area contributed by atoms with Gasteiger partial charge in [-0.05, 0) is 18.2 Å². The van der Waals surface area contributed by atoms with Gasteiger partial charge in [0.2, 0.25) is 0 Å². The number of aromatic nitrogens is 1. The zero-order chi connectivity index (χ0) is 18.9. The minimum absolute atomic E-state index is 0.0632. The molecule has 2 N–H and O–H groups in total. The molecule has 1 amide bonds. The normalized spacial score (nSPS) is 15.2. The lowest BCUT2D eigenvalue weighted by atomic mass is 9.92. The van der Waals surface area contributed by atoms with Gasteiger partial charge >= 0.3 is 0 Å². The van der Waals surface area contributed by atoms with E-state index < -0.39 is 0 Å². The number of halogens is 1. The summed E-state index contributed by atoms with van der Waals surface area (Å²) in [7, 11) is 0. The fraction of sp³-hybridized carbons (Fsp3) is 0.444. The average molecular weight is 440 g/mol. The van der Waals surface area contributed by atoms with Gasteiger partial charge in [0, 0.05) is 23.0 Å². The average Bonchev–Trinajstić information content (AvgIpc) is 3.02. The first-order chi connectivity index (χ1) is 12.3. The molecule has 8 heteroatoms. The van der Waals surface area contributed by atoms with E-state index in [0.717, 1.165) is 28.3 Å². The van der Waals surface area contributed by atoms with Crippen LogP contribution in [-0.2, 0) is 10.2 Å². The molecule has 26 heavy (non-hydrogen) atoms. The van der Waals surface area contributed by atoms with Gasteiger partial charge in [-0.25, -0.2) is 4.98 Å². The molecule has 1 fully saturated rings. The highest BCUT2D eigenvalue weighted by Crippen LogP contribution is 2.39. The molecule has 1 aliphatic heterocycles. The number of rotatable bonds is 3. The maximum atomic E-state index is 12.6. The summed E-state index contributed by atoms with van der Waals surface area (Å²) in [5.41, 5.74) is 1.02. The number of carbonyl (C=O) groups is 1. The number of aromatic hydroxyl groups is 1. The van der Waals surface area contributed by atoms with Crippen molar-refractivity contribution in [2.45, 2.75) is 26.2 Å². The zero-order valence-electron chi connectivity index (χ0n) is 15.0. The lowest BCUT2D eigenvalue weighted by Crippen LogP contribution is -2.37. The molecule has 6 nitrogen and oxygen atoms in total. The molecule has 1 aliphatic rings. The van der Waals surface area contributed by atoms with Crippen LogP contribution in [0, 0.1) is 0 Å². The molecule has 0 radical (unpaired) electrons. The third kappa shape index (κ3) is 4.19. The van der Waals surface area contributed by atoms with E-state index in [1.807, 2.05) is 0 Å². The molecule has 0 spiro atoms. The Morgan fingerprint density at radius 3 is 2.69 bits per heavy atom. The zero-order valence-corrected chi connectivity index (χ0v) is 17.4. The number of carbonyl (C=O) groups excluding carboxylic acids is 1. The Kier molecular flexibility index (Phi) is 5.55. The molecule has 0 aliphatic carbocycles. The number of benzene rings is 1. The summed E-state index contributed by atoms with van der Waals surface area (Å²) >= 11 is 4.78. The van der Waals surface area contributed by atoms with Crippen molar-refractivity contribution in [2.24, 2.45) is 0 Å². The number of hydrogen-bond donors (Lipinski definition) is 2. The van der Waals surface area contributed by atoms with Crippen LogP contribution in [0.4, 0.5) is 10.1 Å². The molecule has 2 aromatic rings. The van der Waals surface area contributed by atoms with Crippen LogP contribution in [0.1, 0.15) is 36.8 Å². The van der Waals surface area contributed by atoms with Crippen molar-refractivity contribution in [3.63, 3.8) is 0 Å². The van der Waals surface area contributed by atoms with Gasteiger partial charge in [-0.3, -0.25) is 10.1 Å². The van der Waals surface area contributed by atoms with Crippen LogP contribution >= 0.6 is 27.3 Å². The quantitative estimate of drug-likeness (QED) is 0.755. The number of ether oxygens (including phenoxy) is 1. The Bertz CT molecular complexity index is 810. The summed E-state index contributed by atoms with van der Waals surface area (Å²) in [5, 5.41) is 14.4. The second-order valence-electron chi connectivity index (χ2n) is 7.14. The molecule has 140 valence electrons. The minimum Gasteiger partial charge on any atom is -0.507 e. The van der Waals surface area contributed by atoms with Crippen molar-refractivity contribution < 1.29 is 14.6 Å². The summed E-state index contributed by atoms with van der Waals surface area (Å²) in [6.45, 7) is 9.33. The summed E-state index contributed by atoms with van der Waals surface area (Å²) in [6.07, 6.45) is 0. The second kappa shape index (κ2) is 7.54. The number of hydrogen-bond acceptors (Lipinski definition) is 6. The van der Waals surface area contributed by atoms with Crippen LogP contribution in [0.2, 0.25) is 0 Å². The maximum absolute atomic E-state index is 12.6. The number of phenols is 1. The number of morpholine rings is 1. The molecule has 3 rings (SSSR count). The van der Waals surface area contributed by atoms with Crippen LogP contribution < -0.4 is 10.2 Å². The Hall–Kier alpha value is -1.64. The standard InChI is InChI=1S/C18H22BrN3O3S/c1-18(2,3)14-16(22-6-8-25-9-7-22)26-17(20-14)21-15(24)12-10-11(19)4-5-13(12)23/h4-5,10,23H,6-9H2,1-3H3,(H,20,21,24). The highest BCUT2D eigenvalue weighted by molar-refractivity contribution is 9.10. The van der Waals surface area contributed by atoms with Crippen LogP contribution in [0.25, 0.3) is 0 Å². The minimum atomic E-state index is -0.383. The number of anilines is 2. The van der Waals surface area contributed by atoms with Gasteiger partial charge in [0.25, 0.3) is 5.91 Å². The molecule has 0 atom stereocenters. The SMILES string of the molecule is CC(C)(C)c1nc(NC(=O)c2cc(Br)ccc2O)sc1N1CCOCC1. The van der Waals surface area contributed by atoms with Gasteiger partial charge in [-0.1, -0.05) is 48.0 Å². The lowest BCUT2D eigenvalue weighted by molar-refractivity contribution is 0.102. The first-order valence-corrected chi connectivity index (χ1v) is 10.0. The molecule has 0 bridgehead atoms. The van der Waals surface area contributed by atoms with Crippen molar-refractivity contribution in [3.05, 3.63) is 33.9 Å².